The Hall–Kier alpha value is -3.31. The maximum absolute atomic E-state index is 12.4. The van der Waals surface area contributed by atoms with E-state index in [-0.39, 0.29) is 24.7 Å². The lowest BCUT2D eigenvalue weighted by Gasteiger charge is -2.15. The minimum absolute atomic E-state index is 0.0827. The molecule has 0 radical (unpaired) electrons. The Morgan fingerprint density at radius 3 is 2.03 bits per heavy atom. The van der Waals surface area contributed by atoms with Gasteiger partial charge in [-0.05, 0) is 54.1 Å². The number of hydrogen-bond acceptors (Lipinski definition) is 3. The number of carboxylic acids is 1. The number of carbonyl (C=O) groups is 2. The fourth-order valence-corrected chi connectivity index (χ4v) is 3.05. The number of carboxylic acid groups (broad SMARTS) is 1. The predicted molar refractivity (Wildman–Crippen MR) is 113 cm³/mol. The van der Waals surface area contributed by atoms with E-state index in [0.29, 0.717) is 22.2 Å². The first-order valence-corrected chi connectivity index (χ1v) is 9.47. The number of aliphatic carboxylic acids is 1. The van der Waals surface area contributed by atoms with Gasteiger partial charge >= 0.3 is 5.97 Å². The zero-order valence-corrected chi connectivity index (χ0v) is 16.3. The molecule has 29 heavy (non-hydrogen) atoms. The van der Waals surface area contributed by atoms with Gasteiger partial charge in [0.05, 0.1) is 6.42 Å². The number of ether oxygens (including phenoxy) is 1. The molecule has 3 aromatic rings. The molecule has 1 atom stereocenters. The fraction of sp³-hybridized carbons (Fsp3) is 0.130. The lowest BCUT2D eigenvalue weighted by molar-refractivity contribution is -0.137. The molecule has 5 nitrogen and oxygen atoms in total. The van der Waals surface area contributed by atoms with E-state index in [1.165, 1.54) is 0 Å². The van der Waals surface area contributed by atoms with Crippen LogP contribution in [-0.2, 0) is 9.59 Å². The number of nitrogens with one attached hydrogen (secondary N) is 1. The van der Waals surface area contributed by atoms with E-state index in [2.05, 4.69) is 5.32 Å². The molecule has 6 heteroatoms. The Labute approximate surface area is 173 Å². The molecule has 0 unspecified atom stereocenters. The van der Waals surface area contributed by atoms with Crippen LogP contribution in [0.1, 0.15) is 24.3 Å². The molecule has 0 saturated carbocycles. The summed E-state index contributed by atoms with van der Waals surface area (Å²) in [5.41, 5.74) is 1.44. The standard InChI is InChI=1S/C23H20ClNO4/c24-18-6-10-20(11-7-18)29-21-12-8-19(9-13-21)25-22(26)14-17(15-23(27)28)16-4-2-1-3-5-16/h1-13,17H,14-15H2,(H,25,26)(H,27,28)/t17-/m0/s1. The summed E-state index contributed by atoms with van der Waals surface area (Å²) in [5.74, 6) is -0.285. The van der Waals surface area contributed by atoms with Crippen LogP contribution in [-0.4, -0.2) is 17.0 Å². The summed E-state index contributed by atoms with van der Waals surface area (Å²) in [6, 6.07) is 23.2. The summed E-state index contributed by atoms with van der Waals surface area (Å²) in [7, 11) is 0. The van der Waals surface area contributed by atoms with Crippen molar-refractivity contribution in [1.82, 2.24) is 0 Å². The van der Waals surface area contributed by atoms with Crippen molar-refractivity contribution in [2.45, 2.75) is 18.8 Å². The first kappa shape index (κ1) is 20.4. The molecule has 3 aromatic carbocycles. The fourth-order valence-electron chi connectivity index (χ4n) is 2.92. The van der Waals surface area contributed by atoms with Gasteiger partial charge in [-0.3, -0.25) is 9.59 Å². The average molecular weight is 410 g/mol. The summed E-state index contributed by atoms with van der Waals surface area (Å²) in [6.07, 6.45) is -0.0232. The summed E-state index contributed by atoms with van der Waals surface area (Å²) >= 11 is 5.86. The van der Waals surface area contributed by atoms with Crippen LogP contribution in [0.25, 0.3) is 0 Å². The third-order valence-electron chi connectivity index (χ3n) is 4.31. The van der Waals surface area contributed by atoms with E-state index in [9.17, 15) is 9.59 Å². The summed E-state index contributed by atoms with van der Waals surface area (Å²) in [5, 5.41) is 12.6. The van der Waals surface area contributed by atoms with Gasteiger partial charge in [0.1, 0.15) is 11.5 Å². The van der Waals surface area contributed by atoms with Gasteiger partial charge < -0.3 is 15.2 Å². The zero-order valence-electron chi connectivity index (χ0n) is 15.5. The van der Waals surface area contributed by atoms with Crippen molar-refractivity contribution in [2.24, 2.45) is 0 Å². The van der Waals surface area contributed by atoms with Gasteiger partial charge in [0.2, 0.25) is 5.91 Å². The molecule has 0 aliphatic heterocycles. The number of carbonyl (C=O) groups excluding carboxylic acids is 1. The van der Waals surface area contributed by atoms with E-state index in [0.717, 1.165) is 5.56 Å². The number of anilines is 1. The quantitative estimate of drug-likeness (QED) is 0.499. The lowest BCUT2D eigenvalue weighted by atomic mass is 9.92. The molecule has 0 saturated heterocycles. The zero-order chi connectivity index (χ0) is 20.6. The summed E-state index contributed by atoms with van der Waals surface area (Å²) in [4.78, 5) is 23.6. The SMILES string of the molecule is O=C(O)C[C@H](CC(=O)Nc1ccc(Oc2ccc(Cl)cc2)cc1)c1ccccc1. The average Bonchev–Trinajstić information content (AvgIpc) is 2.71. The molecule has 3 rings (SSSR count). The normalized spacial score (nSPS) is 11.5. The first-order valence-electron chi connectivity index (χ1n) is 9.09. The van der Waals surface area contributed by atoms with Crippen molar-refractivity contribution in [3.63, 3.8) is 0 Å². The topological polar surface area (TPSA) is 75.6 Å². The molecule has 0 aliphatic carbocycles. The van der Waals surface area contributed by atoms with Gasteiger partial charge in [-0.25, -0.2) is 0 Å². The molecule has 2 N–H and O–H groups in total. The molecular weight excluding hydrogens is 390 g/mol. The van der Waals surface area contributed by atoms with Crippen LogP contribution in [0.3, 0.4) is 0 Å². The van der Waals surface area contributed by atoms with Gasteiger partial charge in [0.25, 0.3) is 0 Å². The van der Waals surface area contributed by atoms with Crippen LogP contribution in [0.4, 0.5) is 5.69 Å². The van der Waals surface area contributed by atoms with Crippen molar-refractivity contribution in [1.29, 1.82) is 0 Å². The highest BCUT2D eigenvalue weighted by molar-refractivity contribution is 6.30. The van der Waals surface area contributed by atoms with E-state index in [4.69, 9.17) is 21.4 Å². The number of benzene rings is 3. The molecule has 148 valence electrons. The number of hydrogen-bond donors (Lipinski definition) is 2. The second-order valence-electron chi connectivity index (χ2n) is 6.54. The van der Waals surface area contributed by atoms with E-state index < -0.39 is 5.97 Å². The van der Waals surface area contributed by atoms with Gasteiger partial charge in [0.15, 0.2) is 0 Å². The summed E-state index contributed by atoms with van der Waals surface area (Å²) in [6.45, 7) is 0. The first-order chi connectivity index (χ1) is 14.0. The van der Waals surface area contributed by atoms with Crippen molar-refractivity contribution in [2.75, 3.05) is 5.32 Å². The van der Waals surface area contributed by atoms with Crippen molar-refractivity contribution < 1.29 is 19.4 Å². The maximum atomic E-state index is 12.4. The van der Waals surface area contributed by atoms with Gasteiger partial charge in [0, 0.05) is 23.0 Å². The monoisotopic (exact) mass is 409 g/mol. The van der Waals surface area contributed by atoms with Crippen LogP contribution in [0.5, 0.6) is 11.5 Å². The minimum Gasteiger partial charge on any atom is -0.481 e. The molecule has 1 amide bonds. The molecule has 0 bridgehead atoms. The minimum atomic E-state index is -0.935. The van der Waals surface area contributed by atoms with E-state index in [1.807, 2.05) is 30.3 Å². The van der Waals surface area contributed by atoms with E-state index in [1.54, 1.807) is 48.5 Å². The highest BCUT2D eigenvalue weighted by Gasteiger charge is 2.19. The Bertz CT molecular complexity index is 956. The molecule has 0 heterocycles. The van der Waals surface area contributed by atoms with Crippen LogP contribution >= 0.6 is 11.6 Å². The highest BCUT2D eigenvalue weighted by atomic mass is 35.5. The third-order valence-corrected chi connectivity index (χ3v) is 4.56. The molecule has 0 fully saturated rings. The Kier molecular flexibility index (Phi) is 6.87. The van der Waals surface area contributed by atoms with Crippen molar-refractivity contribution >= 4 is 29.2 Å². The number of halogens is 1. The predicted octanol–water partition coefficient (Wildman–Crippen LogP) is 5.72. The van der Waals surface area contributed by atoms with Crippen LogP contribution in [0.2, 0.25) is 5.02 Å². The second-order valence-corrected chi connectivity index (χ2v) is 6.97. The molecular formula is C23H20ClNO4. The van der Waals surface area contributed by atoms with E-state index >= 15 is 0 Å². The number of amides is 1. The van der Waals surface area contributed by atoms with Gasteiger partial charge in [-0.2, -0.15) is 0 Å². The Balaban J connectivity index is 1.60. The van der Waals surface area contributed by atoms with Gasteiger partial charge in [-0.15, -0.1) is 0 Å². The Morgan fingerprint density at radius 1 is 0.862 bits per heavy atom. The van der Waals surface area contributed by atoms with Gasteiger partial charge in [-0.1, -0.05) is 41.9 Å². The summed E-state index contributed by atoms with van der Waals surface area (Å²) < 4.78 is 5.72. The molecule has 0 aliphatic rings. The maximum Gasteiger partial charge on any atom is 0.303 e. The largest absolute Gasteiger partial charge is 0.481 e. The van der Waals surface area contributed by atoms with Crippen molar-refractivity contribution in [3.8, 4) is 11.5 Å². The Morgan fingerprint density at radius 2 is 1.45 bits per heavy atom. The second kappa shape index (κ2) is 9.75. The van der Waals surface area contributed by atoms with Crippen molar-refractivity contribution in [3.05, 3.63) is 89.4 Å². The van der Waals surface area contributed by atoms with Crippen LogP contribution in [0, 0.1) is 0 Å². The van der Waals surface area contributed by atoms with Crippen LogP contribution < -0.4 is 10.1 Å². The smallest absolute Gasteiger partial charge is 0.303 e. The van der Waals surface area contributed by atoms with Crippen LogP contribution in [0.15, 0.2) is 78.9 Å². The number of rotatable bonds is 8. The lowest BCUT2D eigenvalue weighted by Crippen LogP contribution is -2.17. The third kappa shape index (κ3) is 6.36. The highest BCUT2D eigenvalue weighted by Crippen LogP contribution is 2.26. The molecule has 0 aromatic heterocycles. The molecule has 0 spiro atoms.